The molecule has 0 amide bonds. The van der Waals surface area contributed by atoms with Crippen molar-refractivity contribution in [2.75, 3.05) is 26.5 Å². The Labute approximate surface area is 74.2 Å². The van der Waals surface area contributed by atoms with Crippen molar-refractivity contribution in [3.8, 4) is 0 Å². The fraction of sp³-hybridized carbons (Fsp3) is 1.00. The van der Waals surface area contributed by atoms with Gasteiger partial charge in [-0.05, 0) is 6.42 Å². The van der Waals surface area contributed by atoms with Gasteiger partial charge in [-0.15, -0.1) is 0 Å². The van der Waals surface area contributed by atoms with Crippen LogP contribution in [0.4, 0.5) is 13.2 Å². The zero-order chi connectivity index (χ0) is 9.73. The zero-order valence-corrected chi connectivity index (χ0v) is 7.06. The Morgan fingerprint density at radius 3 is 2.69 bits per heavy atom. The molecule has 6 heteroatoms. The van der Waals surface area contributed by atoms with Crippen molar-refractivity contribution in [2.45, 2.75) is 18.7 Å². The molecule has 3 nitrogen and oxygen atoms in total. The summed E-state index contributed by atoms with van der Waals surface area (Å²) in [5, 5.41) is 2.29. The molecule has 78 valence electrons. The number of halogens is 3. The van der Waals surface area contributed by atoms with Gasteiger partial charge < -0.3 is 14.8 Å². The maximum absolute atomic E-state index is 11.7. The van der Waals surface area contributed by atoms with Gasteiger partial charge in [-0.2, -0.15) is 13.2 Å². The number of ether oxygens (including phenoxy) is 2. The second-order valence-electron chi connectivity index (χ2n) is 2.85. The molecule has 1 unspecified atom stereocenters. The van der Waals surface area contributed by atoms with E-state index in [1.165, 1.54) is 0 Å². The van der Waals surface area contributed by atoms with Crippen molar-refractivity contribution in [2.24, 2.45) is 0 Å². The van der Waals surface area contributed by atoms with Crippen LogP contribution in [0, 0.1) is 0 Å². The van der Waals surface area contributed by atoms with Crippen LogP contribution < -0.4 is 5.32 Å². The molecule has 1 saturated heterocycles. The molecule has 0 saturated carbocycles. The lowest BCUT2D eigenvalue weighted by Gasteiger charge is -2.23. The lowest BCUT2D eigenvalue weighted by atomic mass is 10.2. The fourth-order valence-electron chi connectivity index (χ4n) is 1.04. The van der Waals surface area contributed by atoms with E-state index in [4.69, 9.17) is 9.47 Å². The topological polar surface area (TPSA) is 30.5 Å². The van der Waals surface area contributed by atoms with Crippen molar-refractivity contribution in [1.29, 1.82) is 0 Å². The first-order chi connectivity index (χ1) is 6.08. The number of rotatable bonds is 3. The molecule has 0 spiro atoms. The SMILES string of the molecule is FC(F)(F)CNCC1CCOCO1. The highest BCUT2D eigenvalue weighted by Gasteiger charge is 2.27. The van der Waals surface area contributed by atoms with Gasteiger partial charge in [0.2, 0.25) is 0 Å². The van der Waals surface area contributed by atoms with Gasteiger partial charge in [0.25, 0.3) is 0 Å². The molecule has 0 aromatic rings. The first-order valence-electron chi connectivity index (χ1n) is 4.05. The van der Waals surface area contributed by atoms with Crippen molar-refractivity contribution in [3.05, 3.63) is 0 Å². The van der Waals surface area contributed by atoms with E-state index >= 15 is 0 Å². The highest BCUT2D eigenvalue weighted by molar-refractivity contribution is 4.65. The minimum Gasteiger partial charge on any atom is -0.355 e. The van der Waals surface area contributed by atoms with E-state index in [0.717, 1.165) is 0 Å². The van der Waals surface area contributed by atoms with Crippen LogP contribution in [0.3, 0.4) is 0 Å². The van der Waals surface area contributed by atoms with Gasteiger partial charge in [0, 0.05) is 6.54 Å². The normalized spacial score (nSPS) is 24.7. The average Bonchev–Trinajstić information content (AvgIpc) is 2.04. The summed E-state index contributed by atoms with van der Waals surface area (Å²) >= 11 is 0. The smallest absolute Gasteiger partial charge is 0.355 e. The van der Waals surface area contributed by atoms with E-state index in [2.05, 4.69) is 5.32 Å². The summed E-state index contributed by atoms with van der Waals surface area (Å²) in [7, 11) is 0. The van der Waals surface area contributed by atoms with E-state index < -0.39 is 12.7 Å². The van der Waals surface area contributed by atoms with Gasteiger partial charge in [-0.1, -0.05) is 0 Å². The third-order valence-electron chi connectivity index (χ3n) is 1.67. The molecule has 1 fully saturated rings. The Balaban J connectivity index is 2.04. The van der Waals surface area contributed by atoms with Crippen LogP contribution in [0.25, 0.3) is 0 Å². The minimum atomic E-state index is -4.15. The van der Waals surface area contributed by atoms with E-state index in [9.17, 15) is 13.2 Å². The first-order valence-corrected chi connectivity index (χ1v) is 4.05. The largest absolute Gasteiger partial charge is 0.401 e. The predicted molar refractivity (Wildman–Crippen MR) is 39.2 cm³/mol. The highest BCUT2D eigenvalue weighted by Crippen LogP contribution is 2.12. The number of nitrogens with one attached hydrogen (secondary N) is 1. The molecule has 1 rings (SSSR count). The maximum atomic E-state index is 11.7. The van der Waals surface area contributed by atoms with E-state index in [-0.39, 0.29) is 19.4 Å². The molecule has 1 atom stereocenters. The van der Waals surface area contributed by atoms with Crippen molar-refractivity contribution >= 4 is 0 Å². The molecule has 0 radical (unpaired) electrons. The Morgan fingerprint density at radius 1 is 1.38 bits per heavy atom. The standard InChI is InChI=1S/C7H12F3NO2/c8-7(9,10)4-11-3-6-1-2-12-5-13-6/h6,11H,1-5H2. The third kappa shape index (κ3) is 5.07. The maximum Gasteiger partial charge on any atom is 0.401 e. The summed E-state index contributed by atoms with van der Waals surface area (Å²) in [6, 6.07) is 0. The molecular weight excluding hydrogens is 187 g/mol. The number of alkyl halides is 3. The molecule has 1 aliphatic heterocycles. The minimum absolute atomic E-state index is 0.156. The summed E-state index contributed by atoms with van der Waals surface area (Å²) in [4.78, 5) is 0. The molecule has 0 aliphatic carbocycles. The van der Waals surface area contributed by atoms with Crippen LogP contribution in [-0.4, -0.2) is 38.8 Å². The summed E-state index contributed by atoms with van der Waals surface area (Å²) in [6.45, 7) is -0.00663. The first kappa shape index (κ1) is 10.7. The van der Waals surface area contributed by atoms with Gasteiger partial charge in [0.05, 0.1) is 19.3 Å². The van der Waals surface area contributed by atoms with E-state index in [1.807, 2.05) is 0 Å². The number of hydrogen-bond donors (Lipinski definition) is 1. The molecular formula is C7H12F3NO2. The molecule has 0 aromatic heterocycles. The number of hydrogen-bond acceptors (Lipinski definition) is 3. The summed E-state index contributed by atoms with van der Waals surface area (Å²) in [6.07, 6.45) is -3.66. The van der Waals surface area contributed by atoms with Crippen molar-refractivity contribution < 1.29 is 22.6 Å². The molecule has 0 bridgehead atoms. The van der Waals surface area contributed by atoms with Gasteiger partial charge in [0.1, 0.15) is 6.79 Å². The summed E-state index contributed by atoms with van der Waals surface area (Å²) in [5.41, 5.74) is 0. The van der Waals surface area contributed by atoms with E-state index in [0.29, 0.717) is 13.0 Å². The van der Waals surface area contributed by atoms with Gasteiger partial charge in [0.15, 0.2) is 0 Å². The lowest BCUT2D eigenvalue weighted by molar-refractivity contribution is -0.144. The van der Waals surface area contributed by atoms with Crippen LogP contribution in [0.5, 0.6) is 0 Å². The molecule has 1 aliphatic rings. The predicted octanol–water partition coefficient (Wildman–Crippen LogP) is 0.901. The molecule has 13 heavy (non-hydrogen) atoms. The van der Waals surface area contributed by atoms with Crippen LogP contribution in [0.2, 0.25) is 0 Å². The lowest BCUT2D eigenvalue weighted by Crippen LogP contribution is -2.38. The monoisotopic (exact) mass is 199 g/mol. The Kier molecular flexibility index (Phi) is 3.95. The van der Waals surface area contributed by atoms with Crippen LogP contribution in [0.15, 0.2) is 0 Å². The van der Waals surface area contributed by atoms with Gasteiger partial charge in [-0.25, -0.2) is 0 Å². The Morgan fingerprint density at radius 2 is 2.15 bits per heavy atom. The Bertz CT molecular complexity index is 145. The van der Waals surface area contributed by atoms with Gasteiger partial charge >= 0.3 is 6.18 Å². The van der Waals surface area contributed by atoms with Gasteiger partial charge in [-0.3, -0.25) is 0 Å². The van der Waals surface area contributed by atoms with Crippen molar-refractivity contribution in [1.82, 2.24) is 5.32 Å². The molecule has 0 aromatic carbocycles. The zero-order valence-electron chi connectivity index (χ0n) is 7.06. The Hall–Kier alpha value is -0.330. The average molecular weight is 199 g/mol. The third-order valence-corrected chi connectivity index (χ3v) is 1.67. The summed E-state index contributed by atoms with van der Waals surface area (Å²) in [5.74, 6) is 0. The highest BCUT2D eigenvalue weighted by atomic mass is 19.4. The fourth-order valence-corrected chi connectivity index (χ4v) is 1.04. The van der Waals surface area contributed by atoms with Crippen LogP contribution in [0.1, 0.15) is 6.42 Å². The summed E-state index contributed by atoms with van der Waals surface area (Å²) < 4.78 is 45.0. The van der Waals surface area contributed by atoms with Crippen molar-refractivity contribution in [3.63, 3.8) is 0 Å². The van der Waals surface area contributed by atoms with Crippen LogP contribution >= 0.6 is 0 Å². The second kappa shape index (κ2) is 4.78. The molecule has 1 heterocycles. The van der Waals surface area contributed by atoms with Crippen LogP contribution in [-0.2, 0) is 9.47 Å². The van der Waals surface area contributed by atoms with E-state index in [1.54, 1.807) is 0 Å². The quantitative estimate of drug-likeness (QED) is 0.732. The molecule has 1 N–H and O–H groups in total. The second-order valence-corrected chi connectivity index (χ2v) is 2.85.